The molecule has 1 aromatic carbocycles. The predicted molar refractivity (Wildman–Crippen MR) is 75.6 cm³/mol. The highest BCUT2D eigenvalue weighted by Gasteiger charge is 2.02. The zero-order chi connectivity index (χ0) is 13.0. The maximum absolute atomic E-state index is 11.7. The number of carbonyl (C=O) groups excluding carboxylic acids is 1. The number of nitrogens with one attached hydrogen (secondary N) is 1. The zero-order valence-corrected chi connectivity index (χ0v) is 11.3. The van der Waals surface area contributed by atoms with Crippen molar-refractivity contribution in [1.82, 2.24) is 5.43 Å². The molecule has 1 amide bonds. The normalized spacial score (nSPS) is 10.8. The van der Waals surface area contributed by atoms with Crippen molar-refractivity contribution in [3.8, 4) is 0 Å². The SMILES string of the molecule is Cc1ccc(/C=N/NC(=O)c2ccc(Cl)cc2)s1. The van der Waals surface area contributed by atoms with E-state index in [0.717, 1.165) is 4.88 Å². The molecule has 18 heavy (non-hydrogen) atoms. The van der Waals surface area contributed by atoms with Gasteiger partial charge in [-0.1, -0.05) is 11.6 Å². The van der Waals surface area contributed by atoms with E-state index in [2.05, 4.69) is 10.5 Å². The fraction of sp³-hybridized carbons (Fsp3) is 0.0769. The van der Waals surface area contributed by atoms with Crippen LogP contribution in [-0.2, 0) is 0 Å². The monoisotopic (exact) mass is 278 g/mol. The average Bonchev–Trinajstić information content (AvgIpc) is 2.76. The van der Waals surface area contributed by atoms with Crippen LogP contribution < -0.4 is 5.43 Å². The smallest absolute Gasteiger partial charge is 0.267 e. The molecule has 0 spiro atoms. The van der Waals surface area contributed by atoms with Gasteiger partial charge >= 0.3 is 0 Å². The summed E-state index contributed by atoms with van der Waals surface area (Å²) >= 11 is 7.36. The summed E-state index contributed by atoms with van der Waals surface area (Å²) in [6, 6.07) is 10.6. The molecule has 0 saturated heterocycles. The molecule has 0 atom stereocenters. The Balaban J connectivity index is 1.96. The molecule has 1 heterocycles. The minimum Gasteiger partial charge on any atom is -0.267 e. The second kappa shape index (κ2) is 5.80. The van der Waals surface area contributed by atoms with Gasteiger partial charge in [0.25, 0.3) is 5.91 Å². The van der Waals surface area contributed by atoms with Gasteiger partial charge in [0.05, 0.1) is 6.21 Å². The molecule has 0 saturated carbocycles. The van der Waals surface area contributed by atoms with E-state index in [1.54, 1.807) is 41.8 Å². The van der Waals surface area contributed by atoms with E-state index in [0.29, 0.717) is 10.6 Å². The molecular formula is C13H11ClN2OS. The van der Waals surface area contributed by atoms with E-state index in [9.17, 15) is 4.79 Å². The van der Waals surface area contributed by atoms with Crippen LogP contribution in [0.5, 0.6) is 0 Å². The standard InChI is InChI=1S/C13H11ClN2OS/c1-9-2-7-12(18-9)8-15-16-13(17)10-3-5-11(14)6-4-10/h2-8H,1H3,(H,16,17)/b15-8+. The summed E-state index contributed by atoms with van der Waals surface area (Å²) < 4.78 is 0. The van der Waals surface area contributed by atoms with Gasteiger partial charge < -0.3 is 0 Å². The third-order valence-corrected chi connectivity index (χ3v) is 3.41. The van der Waals surface area contributed by atoms with Gasteiger partial charge in [0.15, 0.2) is 0 Å². The van der Waals surface area contributed by atoms with Crippen LogP contribution in [0.15, 0.2) is 41.5 Å². The molecule has 0 aliphatic rings. The summed E-state index contributed by atoms with van der Waals surface area (Å²) in [5.74, 6) is -0.254. The quantitative estimate of drug-likeness (QED) is 0.678. The lowest BCUT2D eigenvalue weighted by Gasteiger charge is -1.98. The molecule has 0 fully saturated rings. The summed E-state index contributed by atoms with van der Waals surface area (Å²) in [5, 5.41) is 4.51. The Morgan fingerprint density at radius 2 is 2.00 bits per heavy atom. The topological polar surface area (TPSA) is 41.5 Å². The van der Waals surface area contributed by atoms with E-state index >= 15 is 0 Å². The van der Waals surface area contributed by atoms with Crippen LogP contribution in [0.2, 0.25) is 5.02 Å². The predicted octanol–water partition coefficient (Wildman–Crippen LogP) is 3.47. The Labute approximate surface area is 114 Å². The van der Waals surface area contributed by atoms with Gasteiger partial charge in [-0.3, -0.25) is 4.79 Å². The van der Waals surface area contributed by atoms with Crippen molar-refractivity contribution in [1.29, 1.82) is 0 Å². The fourth-order valence-corrected chi connectivity index (χ4v) is 2.22. The minimum absolute atomic E-state index is 0.254. The van der Waals surface area contributed by atoms with Crippen LogP contribution in [0.4, 0.5) is 0 Å². The molecule has 0 radical (unpaired) electrons. The average molecular weight is 279 g/mol. The van der Waals surface area contributed by atoms with Gasteiger partial charge in [-0.05, 0) is 43.3 Å². The van der Waals surface area contributed by atoms with E-state index in [4.69, 9.17) is 11.6 Å². The Kier molecular flexibility index (Phi) is 4.12. The number of benzene rings is 1. The minimum atomic E-state index is -0.254. The van der Waals surface area contributed by atoms with Gasteiger partial charge in [0.1, 0.15) is 0 Å². The van der Waals surface area contributed by atoms with E-state index in [1.165, 1.54) is 4.88 Å². The van der Waals surface area contributed by atoms with Crippen LogP contribution in [0.1, 0.15) is 20.1 Å². The number of thiophene rings is 1. The van der Waals surface area contributed by atoms with Crippen molar-refractivity contribution in [3.05, 3.63) is 56.7 Å². The molecule has 0 aliphatic heterocycles. The zero-order valence-electron chi connectivity index (χ0n) is 9.68. The van der Waals surface area contributed by atoms with Crippen molar-refractivity contribution >= 4 is 35.1 Å². The summed E-state index contributed by atoms with van der Waals surface area (Å²) in [4.78, 5) is 13.9. The summed E-state index contributed by atoms with van der Waals surface area (Å²) in [5.41, 5.74) is 3.00. The first-order chi connectivity index (χ1) is 8.65. The second-order valence-electron chi connectivity index (χ2n) is 3.65. The summed E-state index contributed by atoms with van der Waals surface area (Å²) in [6.07, 6.45) is 1.63. The lowest BCUT2D eigenvalue weighted by atomic mass is 10.2. The highest BCUT2D eigenvalue weighted by Crippen LogP contribution is 2.12. The third-order valence-electron chi connectivity index (χ3n) is 2.23. The van der Waals surface area contributed by atoms with Crippen molar-refractivity contribution in [2.75, 3.05) is 0 Å². The van der Waals surface area contributed by atoms with Crippen LogP contribution >= 0.6 is 22.9 Å². The number of halogens is 1. The first kappa shape index (κ1) is 12.8. The van der Waals surface area contributed by atoms with Crippen molar-refractivity contribution in [2.24, 2.45) is 5.10 Å². The number of amides is 1. The Bertz CT molecular complexity index is 575. The molecule has 1 aromatic heterocycles. The largest absolute Gasteiger partial charge is 0.271 e. The maximum atomic E-state index is 11.7. The molecule has 0 unspecified atom stereocenters. The number of nitrogens with zero attached hydrogens (tertiary/aromatic N) is 1. The van der Waals surface area contributed by atoms with Crippen LogP contribution in [0.3, 0.4) is 0 Å². The Morgan fingerprint density at radius 1 is 1.28 bits per heavy atom. The molecule has 3 nitrogen and oxygen atoms in total. The van der Waals surface area contributed by atoms with Crippen LogP contribution in [-0.4, -0.2) is 12.1 Å². The molecule has 2 rings (SSSR count). The lowest BCUT2D eigenvalue weighted by molar-refractivity contribution is 0.0955. The number of rotatable bonds is 3. The first-order valence-corrected chi connectivity index (χ1v) is 6.50. The van der Waals surface area contributed by atoms with Gasteiger partial charge in [0.2, 0.25) is 0 Å². The number of carbonyl (C=O) groups is 1. The van der Waals surface area contributed by atoms with Gasteiger partial charge in [0, 0.05) is 20.3 Å². The number of aryl methyl sites for hydroxylation is 1. The van der Waals surface area contributed by atoms with Gasteiger partial charge in [-0.25, -0.2) is 5.43 Å². The lowest BCUT2D eigenvalue weighted by Crippen LogP contribution is -2.17. The van der Waals surface area contributed by atoms with Gasteiger partial charge in [-0.15, -0.1) is 11.3 Å². The molecule has 1 N–H and O–H groups in total. The fourth-order valence-electron chi connectivity index (χ4n) is 1.34. The Morgan fingerprint density at radius 3 is 2.61 bits per heavy atom. The highest BCUT2D eigenvalue weighted by molar-refractivity contribution is 7.13. The molecule has 92 valence electrons. The number of hydrogen-bond donors (Lipinski definition) is 1. The first-order valence-electron chi connectivity index (χ1n) is 5.30. The van der Waals surface area contributed by atoms with Crippen LogP contribution in [0.25, 0.3) is 0 Å². The van der Waals surface area contributed by atoms with E-state index < -0.39 is 0 Å². The Hall–Kier alpha value is -1.65. The van der Waals surface area contributed by atoms with E-state index in [-0.39, 0.29) is 5.91 Å². The van der Waals surface area contributed by atoms with Crippen molar-refractivity contribution in [2.45, 2.75) is 6.92 Å². The van der Waals surface area contributed by atoms with E-state index in [1.807, 2.05) is 19.1 Å². The summed E-state index contributed by atoms with van der Waals surface area (Å²) in [6.45, 7) is 2.02. The highest BCUT2D eigenvalue weighted by atomic mass is 35.5. The van der Waals surface area contributed by atoms with Crippen molar-refractivity contribution < 1.29 is 4.79 Å². The third kappa shape index (κ3) is 3.42. The van der Waals surface area contributed by atoms with Gasteiger partial charge in [-0.2, -0.15) is 5.10 Å². The number of hydrogen-bond acceptors (Lipinski definition) is 3. The molecular weight excluding hydrogens is 268 g/mol. The molecule has 0 aliphatic carbocycles. The maximum Gasteiger partial charge on any atom is 0.271 e. The van der Waals surface area contributed by atoms with Crippen molar-refractivity contribution in [3.63, 3.8) is 0 Å². The van der Waals surface area contributed by atoms with Crippen LogP contribution in [0, 0.1) is 6.92 Å². The summed E-state index contributed by atoms with van der Waals surface area (Å²) in [7, 11) is 0. The molecule has 5 heteroatoms. The second-order valence-corrected chi connectivity index (χ2v) is 5.41. The number of hydrazone groups is 1. The molecule has 0 bridgehead atoms. The molecule has 2 aromatic rings.